The third-order valence-electron chi connectivity index (χ3n) is 4.01. The highest BCUT2D eigenvalue weighted by molar-refractivity contribution is 7.89. The highest BCUT2D eigenvalue weighted by Gasteiger charge is 2.23. The minimum absolute atomic E-state index is 0.0417. The molecule has 0 saturated heterocycles. The van der Waals surface area contributed by atoms with E-state index in [2.05, 4.69) is 22.2 Å². The number of aryl methyl sites for hydroxylation is 1. The molecule has 0 aliphatic heterocycles. The van der Waals surface area contributed by atoms with Crippen LogP contribution in [0.1, 0.15) is 23.0 Å². The van der Waals surface area contributed by atoms with Gasteiger partial charge in [0.25, 0.3) is 5.91 Å². The lowest BCUT2D eigenvalue weighted by Crippen LogP contribution is -2.30. The van der Waals surface area contributed by atoms with Crippen molar-refractivity contribution >= 4 is 44.1 Å². The van der Waals surface area contributed by atoms with E-state index in [0.717, 1.165) is 4.31 Å². The number of aromatic nitrogens is 1. The zero-order chi connectivity index (χ0) is 22.5. The molecule has 1 amide bonds. The van der Waals surface area contributed by atoms with Gasteiger partial charge in [-0.3, -0.25) is 4.79 Å². The SMILES string of the molecule is C=CCNc1nc(C(=O)OC(C)C(=O)Nc2cc(S(=O)(=O)N(C)C)ccc2C)cs1. The van der Waals surface area contributed by atoms with E-state index in [9.17, 15) is 18.0 Å². The maximum absolute atomic E-state index is 12.5. The molecule has 0 saturated carbocycles. The number of sulfonamides is 1. The lowest BCUT2D eigenvalue weighted by atomic mass is 10.2. The summed E-state index contributed by atoms with van der Waals surface area (Å²) in [6.07, 6.45) is 0.546. The number of carbonyl (C=O) groups is 2. The van der Waals surface area contributed by atoms with Crippen molar-refractivity contribution in [2.45, 2.75) is 24.8 Å². The molecule has 0 radical (unpaired) electrons. The molecule has 0 aliphatic rings. The number of anilines is 2. The van der Waals surface area contributed by atoms with Crippen LogP contribution in [-0.4, -0.2) is 56.3 Å². The molecular formula is C19H24N4O5S2. The Balaban J connectivity index is 2.07. The van der Waals surface area contributed by atoms with E-state index < -0.39 is 28.0 Å². The summed E-state index contributed by atoms with van der Waals surface area (Å²) in [6.45, 7) is 7.24. The molecule has 1 unspecified atom stereocenters. The molecule has 1 atom stereocenters. The average Bonchev–Trinajstić information content (AvgIpc) is 3.16. The zero-order valence-corrected chi connectivity index (χ0v) is 18.8. The van der Waals surface area contributed by atoms with Crippen molar-refractivity contribution < 1.29 is 22.7 Å². The number of hydrogen-bond donors (Lipinski definition) is 2. The number of amides is 1. The summed E-state index contributed by atoms with van der Waals surface area (Å²) in [5.41, 5.74) is 1.06. The van der Waals surface area contributed by atoms with E-state index in [1.54, 1.807) is 19.1 Å². The first kappa shape index (κ1) is 23.5. The number of rotatable bonds is 9. The summed E-state index contributed by atoms with van der Waals surface area (Å²) in [6, 6.07) is 4.43. The summed E-state index contributed by atoms with van der Waals surface area (Å²) in [4.78, 5) is 28.9. The Kier molecular flexibility index (Phi) is 7.71. The Morgan fingerprint density at radius 3 is 2.70 bits per heavy atom. The third kappa shape index (κ3) is 5.65. The van der Waals surface area contributed by atoms with Crippen molar-refractivity contribution in [3.05, 3.63) is 47.5 Å². The van der Waals surface area contributed by atoms with E-state index in [0.29, 0.717) is 22.9 Å². The molecule has 0 aliphatic carbocycles. The molecule has 1 aromatic carbocycles. The Bertz CT molecular complexity index is 1050. The predicted molar refractivity (Wildman–Crippen MR) is 116 cm³/mol. The number of thiazole rings is 1. The van der Waals surface area contributed by atoms with Gasteiger partial charge in [-0.15, -0.1) is 17.9 Å². The van der Waals surface area contributed by atoms with Crippen LogP contribution in [-0.2, 0) is 19.6 Å². The second kappa shape index (κ2) is 9.83. The van der Waals surface area contributed by atoms with E-state index in [4.69, 9.17) is 4.74 Å². The van der Waals surface area contributed by atoms with Crippen molar-refractivity contribution in [1.29, 1.82) is 0 Å². The normalized spacial score (nSPS) is 12.3. The average molecular weight is 453 g/mol. The van der Waals surface area contributed by atoms with Crippen LogP contribution >= 0.6 is 11.3 Å². The van der Waals surface area contributed by atoms with E-state index >= 15 is 0 Å². The van der Waals surface area contributed by atoms with Crippen molar-refractivity contribution in [3.8, 4) is 0 Å². The molecule has 1 aromatic heterocycles. The van der Waals surface area contributed by atoms with Crippen LogP contribution in [0.4, 0.5) is 10.8 Å². The summed E-state index contributed by atoms with van der Waals surface area (Å²) < 4.78 is 30.9. The molecular weight excluding hydrogens is 428 g/mol. The van der Waals surface area contributed by atoms with Gasteiger partial charge in [0, 0.05) is 31.7 Å². The maximum atomic E-state index is 12.5. The minimum atomic E-state index is -3.65. The number of nitrogens with one attached hydrogen (secondary N) is 2. The summed E-state index contributed by atoms with van der Waals surface area (Å²) in [5.74, 6) is -1.33. The van der Waals surface area contributed by atoms with Crippen molar-refractivity contribution in [2.24, 2.45) is 0 Å². The number of ether oxygens (including phenoxy) is 1. The second-order valence-electron chi connectivity index (χ2n) is 6.51. The first-order valence-corrected chi connectivity index (χ1v) is 11.2. The molecule has 11 heteroatoms. The summed E-state index contributed by atoms with van der Waals surface area (Å²) in [5, 5.41) is 7.63. The lowest BCUT2D eigenvalue weighted by Gasteiger charge is -2.16. The maximum Gasteiger partial charge on any atom is 0.358 e. The van der Waals surface area contributed by atoms with Crippen LogP contribution in [0, 0.1) is 6.92 Å². The molecule has 0 fully saturated rings. The van der Waals surface area contributed by atoms with Crippen LogP contribution in [0.3, 0.4) is 0 Å². The number of nitrogens with zero attached hydrogens (tertiary/aromatic N) is 2. The fourth-order valence-electron chi connectivity index (χ4n) is 2.22. The van der Waals surface area contributed by atoms with Crippen LogP contribution in [0.25, 0.3) is 0 Å². The summed E-state index contributed by atoms with van der Waals surface area (Å²) >= 11 is 1.23. The summed E-state index contributed by atoms with van der Waals surface area (Å²) in [7, 11) is -0.809. The molecule has 9 nitrogen and oxygen atoms in total. The molecule has 162 valence electrons. The van der Waals surface area contributed by atoms with Gasteiger partial charge in [-0.25, -0.2) is 22.5 Å². The smallest absolute Gasteiger partial charge is 0.358 e. The van der Waals surface area contributed by atoms with Gasteiger partial charge >= 0.3 is 5.97 Å². The topological polar surface area (TPSA) is 118 Å². The van der Waals surface area contributed by atoms with Gasteiger partial charge in [-0.1, -0.05) is 12.1 Å². The second-order valence-corrected chi connectivity index (χ2v) is 9.52. The predicted octanol–water partition coefficient (Wildman–Crippen LogP) is 2.48. The van der Waals surface area contributed by atoms with Gasteiger partial charge in [-0.2, -0.15) is 0 Å². The first-order chi connectivity index (χ1) is 14.1. The van der Waals surface area contributed by atoms with Crippen molar-refractivity contribution in [3.63, 3.8) is 0 Å². The van der Waals surface area contributed by atoms with Gasteiger partial charge in [0.2, 0.25) is 10.0 Å². The molecule has 1 heterocycles. The highest BCUT2D eigenvalue weighted by Crippen LogP contribution is 2.22. The number of benzene rings is 1. The molecule has 2 aromatic rings. The van der Waals surface area contributed by atoms with E-state index in [1.807, 2.05) is 0 Å². The largest absolute Gasteiger partial charge is 0.448 e. The number of esters is 1. The van der Waals surface area contributed by atoms with Crippen LogP contribution in [0.15, 0.2) is 41.1 Å². The van der Waals surface area contributed by atoms with E-state index in [-0.39, 0.29) is 10.6 Å². The van der Waals surface area contributed by atoms with E-state index in [1.165, 1.54) is 49.9 Å². The fraction of sp³-hybridized carbons (Fsp3) is 0.316. The van der Waals surface area contributed by atoms with Gasteiger partial charge in [0.15, 0.2) is 16.9 Å². The minimum Gasteiger partial charge on any atom is -0.448 e. The standard InChI is InChI=1S/C19H24N4O5S2/c1-6-9-20-19-22-16(11-29-19)18(25)28-13(3)17(24)21-15-10-14(8-7-12(15)2)30(26,27)23(4)5/h6-8,10-11,13H,1,9H2,2-5H3,(H,20,22)(H,21,24). The number of hydrogen-bond acceptors (Lipinski definition) is 8. The third-order valence-corrected chi connectivity index (χ3v) is 6.62. The molecule has 2 N–H and O–H groups in total. The van der Waals surface area contributed by atoms with Gasteiger partial charge < -0.3 is 15.4 Å². The molecule has 2 rings (SSSR count). The lowest BCUT2D eigenvalue weighted by molar-refractivity contribution is -0.123. The van der Waals surface area contributed by atoms with Crippen molar-refractivity contribution in [2.75, 3.05) is 31.3 Å². The van der Waals surface area contributed by atoms with Gasteiger partial charge in [-0.05, 0) is 31.5 Å². The highest BCUT2D eigenvalue weighted by atomic mass is 32.2. The molecule has 30 heavy (non-hydrogen) atoms. The zero-order valence-electron chi connectivity index (χ0n) is 17.1. The Morgan fingerprint density at radius 1 is 1.37 bits per heavy atom. The molecule has 0 bridgehead atoms. The monoisotopic (exact) mass is 452 g/mol. The van der Waals surface area contributed by atoms with Gasteiger partial charge in [0.1, 0.15) is 0 Å². The van der Waals surface area contributed by atoms with Crippen LogP contribution in [0.2, 0.25) is 0 Å². The van der Waals surface area contributed by atoms with Gasteiger partial charge in [0.05, 0.1) is 4.90 Å². The van der Waals surface area contributed by atoms with Crippen LogP contribution < -0.4 is 10.6 Å². The quantitative estimate of drug-likeness (QED) is 0.443. The fourth-order valence-corrected chi connectivity index (χ4v) is 3.84. The Morgan fingerprint density at radius 2 is 2.07 bits per heavy atom. The number of carbonyl (C=O) groups excluding carboxylic acids is 2. The van der Waals surface area contributed by atoms with Crippen molar-refractivity contribution in [1.82, 2.24) is 9.29 Å². The molecule has 0 spiro atoms. The first-order valence-electron chi connectivity index (χ1n) is 8.91. The Hall–Kier alpha value is -2.76. The van der Waals surface area contributed by atoms with Crippen LogP contribution in [0.5, 0.6) is 0 Å². The Labute approximate surface area is 179 Å².